The second-order valence-corrected chi connectivity index (χ2v) is 7.29. The number of hydrogen-bond acceptors (Lipinski definition) is 4. The van der Waals surface area contributed by atoms with Gasteiger partial charge in [0.2, 0.25) is 0 Å². The fraction of sp³-hybridized carbons (Fsp3) is 0.632. The first-order valence-electron chi connectivity index (χ1n) is 9.17. The van der Waals surface area contributed by atoms with E-state index < -0.39 is 0 Å². The number of nitrogens with zero attached hydrogens (tertiary/aromatic N) is 1. The summed E-state index contributed by atoms with van der Waals surface area (Å²) in [5.41, 5.74) is 8.06. The van der Waals surface area contributed by atoms with Crippen molar-refractivity contribution in [1.29, 1.82) is 0 Å². The highest BCUT2D eigenvalue weighted by molar-refractivity contribution is 7.22. The summed E-state index contributed by atoms with van der Waals surface area (Å²) in [7, 11) is 0. The Morgan fingerprint density at radius 1 is 1.04 bits per heavy atom. The lowest BCUT2D eigenvalue weighted by atomic mass is 10.0. The van der Waals surface area contributed by atoms with E-state index in [0.717, 1.165) is 17.2 Å². The minimum Gasteiger partial charge on any atom is -0.360 e. The van der Waals surface area contributed by atoms with Crippen LogP contribution in [0.25, 0.3) is 10.2 Å². The van der Waals surface area contributed by atoms with Crippen molar-refractivity contribution in [3.8, 4) is 0 Å². The Bertz CT molecular complexity index is 571. The lowest BCUT2D eigenvalue weighted by molar-refractivity contribution is 0.575. The number of rotatable bonds is 12. The Balaban J connectivity index is 0.00000288. The smallest absolute Gasteiger partial charge is 0.183 e. The Labute approximate surface area is 156 Å². The third-order valence-electron chi connectivity index (χ3n) is 4.19. The number of hydrogen-bond donors (Lipinski definition) is 2. The van der Waals surface area contributed by atoms with Gasteiger partial charge in [-0.05, 0) is 30.5 Å². The monoisotopic (exact) mass is 369 g/mol. The number of nitrogens with two attached hydrogens (primary N) is 1. The molecule has 0 aliphatic rings. The number of nitrogens with one attached hydrogen (secondary N) is 1. The van der Waals surface area contributed by atoms with E-state index in [4.69, 9.17) is 5.73 Å². The topological polar surface area (TPSA) is 50.9 Å². The molecular formula is C19H32ClN3S. The number of aryl methyl sites for hydroxylation is 1. The average Bonchev–Trinajstić information content (AvgIpc) is 2.97. The van der Waals surface area contributed by atoms with Crippen LogP contribution in [0.3, 0.4) is 0 Å². The fourth-order valence-corrected chi connectivity index (χ4v) is 3.80. The van der Waals surface area contributed by atoms with Gasteiger partial charge in [0, 0.05) is 13.1 Å². The molecule has 3 N–H and O–H groups in total. The molecule has 1 heterocycles. The fourth-order valence-electron chi connectivity index (χ4n) is 2.84. The van der Waals surface area contributed by atoms with E-state index in [9.17, 15) is 0 Å². The maximum Gasteiger partial charge on any atom is 0.183 e. The van der Waals surface area contributed by atoms with Gasteiger partial charge in [0.25, 0.3) is 0 Å². The van der Waals surface area contributed by atoms with Crippen LogP contribution >= 0.6 is 23.7 Å². The molecule has 0 unspecified atom stereocenters. The third-order valence-corrected chi connectivity index (χ3v) is 5.17. The van der Waals surface area contributed by atoms with E-state index in [0.29, 0.717) is 6.54 Å². The van der Waals surface area contributed by atoms with E-state index in [1.165, 1.54) is 68.1 Å². The summed E-state index contributed by atoms with van der Waals surface area (Å²) in [6, 6.07) is 6.69. The number of aromatic nitrogens is 1. The van der Waals surface area contributed by atoms with Gasteiger partial charge in [0.1, 0.15) is 0 Å². The summed E-state index contributed by atoms with van der Waals surface area (Å²) >= 11 is 1.73. The van der Waals surface area contributed by atoms with Crippen molar-refractivity contribution in [2.45, 2.75) is 64.7 Å². The summed E-state index contributed by atoms with van der Waals surface area (Å²) < 4.78 is 1.28. The molecule has 0 saturated carbocycles. The Morgan fingerprint density at radius 2 is 1.75 bits per heavy atom. The van der Waals surface area contributed by atoms with E-state index in [2.05, 4.69) is 35.4 Å². The van der Waals surface area contributed by atoms with Gasteiger partial charge in [0.05, 0.1) is 10.2 Å². The van der Waals surface area contributed by atoms with Crippen LogP contribution in [0, 0.1) is 0 Å². The zero-order chi connectivity index (χ0) is 16.3. The summed E-state index contributed by atoms with van der Waals surface area (Å²) in [6.07, 6.45) is 12.2. The maximum atomic E-state index is 5.52. The average molecular weight is 370 g/mol. The van der Waals surface area contributed by atoms with Gasteiger partial charge < -0.3 is 11.1 Å². The molecule has 0 amide bonds. The van der Waals surface area contributed by atoms with Crippen LogP contribution in [0.2, 0.25) is 0 Å². The van der Waals surface area contributed by atoms with Crippen LogP contribution in [0.1, 0.15) is 63.9 Å². The molecule has 2 aromatic rings. The van der Waals surface area contributed by atoms with Crippen molar-refractivity contribution in [3.63, 3.8) is 0 Å². The van der Waals surface area contributed by atoms with E-state index in [1.807, 2.05) is 0 Å². The minimum absolute atomic E-state index is 0. The molecule has 2 rings (SSSR count). The first-order valence-corrected chi connectivity index (χ1v) is 9.98. The number of benzene rings is 1. The lowest BCUT2D eigenvalue weighted by Gasteiger charge is -2.02. The van der Waals surface area contributed by atoms with Crippen LogP contribution in [0.5, 0.6) is 0 Å². The van der Waals surface area contributed by atoms with Gasteiger partial charge in [-0.15, -0.1) is 12.4 Å². The summed E-state index contributed by atoms with van der Waals surface area (Å²) in [6.45, 7) is 3.70. The molecule has 136 valence electrons. The molecule has 24 heavy (non-hydrogen) atoms. The predicted octanol–water partition coefficient (Wildman–Crippen LogP) is 5.77. The molecule has 0 atom stereocenters. The Hall–Kier alpha value is -0.840. The molecule has 0 aliphatic heterocycles. The minimum atomic E-state index is 0. The molecular weight excluding hydrogens is 338 g/mol. The molecule has 0 aliphatic carbocycles. The van der Waals surface area contributed by atoms with Crippen LogP contribution in [-0.4, -0.2) is 18.1 Å². The van der Waals surface area contributed by atoms with Gasteiger partial charge in [-0.3, -0.25) is 0 Å². The number of anilines is 1. The molecule has 0 bridgehead atoms. The van der Waals surface area contributed by atoms with Gasteiger partial charge in [-0.2, -0.15) is 0 Å². The van der Waals surface area contributed by atoms with Crippen LogP contribution in [0.15, 0.2) is 18.2 Å². The lowest BCUT2D eigenvalue weighted by Crippen LogP contribution is -2.12. The van der Waals surface area contributed by atoms with E-state index >= 15 is 0 Å². The summed E-state index contributed by atoms with van der Waals surface area (Å²) in [5.74, 6) is 0. The third kappa shape index (κ3) is 7.37. The predicted molar refractivity (Wildman–Crippen MR) is 111 cm³/mol. The highest BCUT2D eigenvalue weighted by Crippen LogP contribution is 2.27. The SMILES string of the molecule is CCCCCCCCCCc1ccc2nc(NCCN)sc2c1.Cl. The van der Waals surface area contributed by atoms with Crippen molar-refractivity contribution >= 4 is 39.1 Å². The van der Waals surface area contributed by atoms with Gasteiger partial charge in [-0.1, -0.05) is 69.3 Å². The molecule has 1 aromatic carbocycles. The van der Waals surface area contributed by atoms with Crippen LogP contribution < -0.4 is 11.1 Å². The highest BCUT2D eigenvalue weighted by Gasteiger charge is 2.04. The molecule has 3 nitrogen and oxygen atoms in total. The first-order chi connectivity index (χ1) is 11.3. The Kier molecular flexibility index (Phi) is 11.1. The number of thiazole rings is 1. The van der Waals surface area contributed by atoms with Gasteiger partial charge in [-0.25, -0.2) is 4.98 Å². The van der Waals surface area contributed by atoms with Crippen molar-refractivity contribution < 1.29 is 0 Å². The van der Waals surface area contributed by atoms with Crippen LogP contribution in [0.4, 0.5) is 5.13 Å². The molecule has 0 spiro atoms. The quantitative estimate of drug-likeness (QED) is 0.467. The van der Waals surface area contributed by atoms with Gasteiger partial charge in [0.15, 0.2) is 5.13 Å². The second-order valence-electron chi connectivity index (χ2n) is 6.26. The Morgan fingerprint density at radius 3 is 2.46 bits per heavy atom. The highest BCUT2D eigenvalue weighted by atomic mass is 35.5. The summed E-state index contributed by atoms with van der Waals surface area (Å²) in [4.78, 5) is 4.59. The molecule has 0 fully saturated rings. The van der Waals surface area contributed by atoms with Crippen LogP contribution in [-0.2, 0) is 6.42 Å². The first kappa shape index (κ1) is 21.2. The number of unbranched alkanes of at least 4 members (excludes halogenated alkanes) is 7. The maximum absolute atomic E-state index is 5.52. The summed E-state index contributed by atoms with van der Waals surface area (Å²) in [5, 5.41) is 4.25. The molecule has 1 aromatic heterocycles. The van der Waals surface area contributed by atoms with Gasteiger partial charge >= 0.3 is 0 Å². The zero-order valence-corrected chi connectivity index (χ0v) is 16.5. The van der Waals surface area contributed by atoms with Crippen molar-refractivity contribution in [1.82, 2.24) is 4.98 Å². The van der Waals surface area contributed by atoms with Crippen molar-refractivity contribution in [3.05, 3.63) is 23.8 Å². The molecule has 0 saturated heterocycles. The van der Waals surface area contributed by atoms with Crippen molar-refractivity contribution in [2.75, 3.05) is 18.4 Å². The van der Waals surface area contributed by atoms with E-state index in [-0.39, 0.29) is 12.4 Å². The largest absolute Gasteiger partial charge is 0.360 e. The standard InChI is InChI=1S/C19H31N3S.ClH/c1-2-3-4-5-6-7-8-9-10-16-11-12-17-18(15-16)23-19(22-17)21-14-13-20;/h11-12,15H,2-10,13-14,20H2,1H3,(H,21,22);1H. The zero-order valence-electron chi connectivity index (χ0n) is 14.9. The molecule has 5 heteroatoms. The van der Waals surface area contributed by atoms with E-state index in [1.54, 1.807) is 11.3 Å². The number of halogens is 1. The number of fused-ring (bicyclic) bond motifs is 1. The normalized spacial score (nSPS) is 10.8. The van der Waals surface area contributed by atoms with Crippen molar-refractivity contribution in [2.24, 2.45) is 5.73 Å². The second kappa shape index (κ2) is 12.5. The molecule has 0 radical (unpaired) electrons.